The van der Waals surface area contributed by atoms with Crippen LogP contribution in [0.2, 0.25) is 0 Å². The number of likely N-dealkylation sites (tertiary alicyclic amines) is 1. The molecule has 24 heavy (non-hydrogen) atoms. The van der Waals surface area contributed by atoms with Gasteiger partial charge in [0.05, 0.1) is 0 Å². The summed E-state index contributed by atoms with van der Waals surface area (Å²) in [5, 5.41) is 2.65. The first kappa shape index (κ1) is 17.4. The first-order valence-electron chi connectivity index (χ1n) is 8.65. The lowest BCUT2D eigenvalue weighted by atomic mass is 10.1. The van der Waals surface area contributed by atoms with Crippen LogP contribution in [0.4, 0.5) is 0 Å². The van der Waals surface area contributed by atoms with Gasteiger partial charge in [-0.15, -0.1) is 0 Å². The van der Waals surface area contributed by atoms with Gasteiger partial charge in [-0.3, -0.25) is 4.90 Å². The summed E-state index contributed by atoms with van der Waals surface area (Å²) in [4.78, 5) is 2.58. The van der Waals surface area contributed by atoms with Crippen molar-refractivity contribution in [2.75, 3.05) is 27.0 Å². The van der Waals surface area contributed by atoms with E-state index in [0.717, 1.165) is 12.3 Å². The van der Waals surface area contributed by atoms with E-state index < -0.39 is 0 Å². The lowest BCUT2D eigenvalue weighted by molar-refractivity contribution is 0.0519. The molecule has 1 atom stereocenters. The Morgan fingerprint density at radius 1 is 0.917 bits per heavy atom. The van der Waals surface area contributed by atoms with E-state index in [1.54, 1.807) is 7.11 Å². The molecule has 2 aromatic carbocycles. The lowest BCUT2D eigenvalue weighted by Gasteiger charge is -2.27. The van der Waals surface area contributed by atoms with Crippen LogP contribution in [0.25, 0.3) is 0 Å². The van der Waals surface area contributed by atoms with E-state index in [4.69, 9.17) is 9.47 Å². The number of ether oxygens (including phenoxy) is 2. The summed E-state index contributed by atoms with van der Waals surface area (Å²) in [5.41, 5.74) is 1.44. The second kappa shape index (κ2) is 9.17. The van der Waals surface area contributed by atoms with E-state index in [-0.39, 0.29) is 6.79 Å². The van der Waals surface area contributed by atoms with Crippen LogP contribution in [0.1, 0.15) is 24.8 Å². The molecule has 0 aromatic heterocycles. The maximum absolute atomic E-state index is 5.72. The Morgan fingerprint density at radius 3 is 2.42 bits per heavy atom. The van der Waals surface area contributed by atoms with Crippen molar-refractivity contribution in [2.24, 2.45) is 0 Å². The molecule has 0 aliphatic carbocycles. The number of rotatable bonds is 7. The number of para-hydroxylation sites is 1. The monoisotopic (exact) mass is 343 g/mol. The molecule has 1 aliphatic rings. The largest absolute Gasteiger partial charge is 0.467 e. The van der Waals surface area contributed by atoms with E-state index in [0.29, 0.717) is 8.58 Å². The fraction of sp³-hybridized carbons (Fsp3) is 0.400. The Bertz CT molecular complexity index is 641. The molecular formula is C20H26NO2P. The van der Waals surface area contributed by atoms with Gasteiger partial charge >= 0.3 is 0 Å². The molecule has 4 heteroatoms. The third kappa shape index (κ3) is 4.80. The van der Waals surface area contributed by atoms with Gasteiger partial charge in [-0.2, -0.15) is 0 Å². The number of piperidine rings is 1. The van der Waals surface area contributed by atoms with Gasteiger partial charge in [0.25, 0.3) is 0 Å². The standard InChI is InChI=1S/C20H26NO2P/c1-22-16-23-18-10-4-6-12-20(18)24-19-11-5-3-9-17(19)15-21-13-7-2-8-14-21/h3-6,9-12,24H,2,7-8,13-16H2,1H3. The molecule has 1 aliphatic heterocycles. The van der Waals surface area contributed by atoms with Crippen molar-refractivity contribution in [2.45, 2.75) is 25.8 Å². The first-order valence-corrected chi connectivity index (χ1v) is 9.65. The Labute approximate surface area is 146 Å². The Kier molecular flexibility index (Phi) is 6.66. The minimum atomic E-state index is 0.289. The van der Waals surface area contributed by atoms with E-state index in [1.807, 2.05) is 12.1 Å². The molecule has 0 N–H and O–H groups in total. The normalized spacial score (nSPS) is 15.9. The van der Waals surface area contributed by atoms with Gasteiger partial charge in [0, 0.05) is 19.0 Å². The molecule has 0 saturated carbocycles. The Balaban J connectivity index is 1.75. The molecule has 3 rings (SSSR count). The smallest absolute Gasteiger partial charge is 0.188 e. The predicted molar refractivity (Wildman–Crippen MR) is 102 cm³/mol. The third-order valence-corrected chi connectivity index (χ3v) is 5.79. The fourth-order valence-corrected chi connectivity index (χ4v) is 4.35. The second-order valence-electron chi connectivity index (χ2n) is 6.17. The Hall–Kier alpha value is -1.41. The highest BCUT2D eigenvalue weighted by Gasteiger charge is 2.13. The van der Waals surface area contributed by atoms with Crippen LogP contribution in [0.3, 0.4) is 0 Å². The van der Waals surface area contributed by atoms with Crippen molar-refractivity contribution >= 4 is 19.2 Å². The average Bonchev–Trinajstić information content (AvgIpc) is 2.63. The van der Waals surface area contributed by atoms with Crippen LogP contribution >= 0.6 is 8.58 Å². The first-order chi connectivity index (χ1) is 11.9. The maximum atomic E-state index is 5.72. The molecule has 1 fully saturated rings. The van der Waals surface area contributed by atoms with Crippen LogP contribution in [-0.2, 0) is 11.3 Å². The van der Waals surface area contributed by atoms with E-state index in [1.165, 1.54) is 48.5 Å². The van der Waals surface area contributed by atoms with Crippen molar-refractivity contribution in [1.29, 1.82) is 0 Å². The van der Waals surface area contributed by atoms with Crippen LogP contribution in [0.15, 0.2) is 48.5 Å². The van der Waals surface area contributed by atoms with Crippen LogP contribution in [0, 0.1) is 0 Å². The maximum Gasteiger partial charge on any atom is 0.188 e. The quantitative estimate of drug-likeness (QED) is 0.569. The summed E-state index contributed by atoms with van der Waals surface area (Å²) in [6, 6.07) is 17.1. The van der Waals surface area contributed by atoms with Gasteiger partial charge in [0.1, 0.15) is 5.75 Å². The molecule has 0 amide bonds. The highest BCUT2D eigenvalue weighted by molar-refractivity contribution is 7.55. The molecule has 0 spiro atoms. The fourth-order valence-electron chi connectivity index (χ4n) is 3.10. The lowest BCUT2D eigenvalue weighted by Crippen LogP contribution is -2.30. The average molecular weight is 343 g/mol. The van der Waals surface area contributed by atoms with Gasteiger partial charge in [0.2, 0.25) is 0 Å². The topological polar surface area (TPSA) is 21.7 Å². The second-order valence-corrected chi connectivity index (χ2v) is 7.49. The molecule has 1 unspecified atom stereocenters. The van der Waals surface area contributed by atoms with Crippen molar-refractivity contribution < 1.29 is 9.47 Å². The Morgan fingerprint density at radius 2 is 1.62 bits per heavy atom. The third-order valence-electron chi connectivity index (χ3n) is 4.35. The minimum absolute atomic E-state index is 0.289. The highest BCUT2D eigenvalue weighted by Crippen LogP contribution is 2.22. The van der Waals surface area contributed by atoms with E-state index in [9.17, 15) is 0 Å². The predicted octanol–water partition coefficient (Wildman–Crippen LogP) is 3.28. The molecule has 2 aromatic rings. The number of benzene rings is 2. The summed E-state index contributed by atoms with van der Waals surface area (Å²) in [5.74, 6) is 0.922. The molecule has 3 nitrogen and oxygen atoms in total. The van der Waals surface area contributed by atoms with Crippen molar-refractivity contribution in [1.82, 2.24) is 4.90 Å². The van der Waals surface area contributed by atoms with Crippen molar-refractivity contribution in [3.8, 4) is 5.75 Å². The zero-order valence-electron chi connectivity index (χ0n) is 14.3. The molecule has 0 radical (unpaired) electrons. The SMILES string of the molecule is COCOc1ccccc1Pc1ccccc1CN1CCCCC1. The van der Waals surface area contributed by atoms with Crippen LogP contribution in [0.5, 0.6) is 5.75 Å². The molecule has 1 saturated heterocycles. The summed E-state index contributed by atoms with van der Waals surface area (Å²) >= 11 is 0. The molecule has 1 heterocycles. The zero-order valence-corrected chi connectivity index (χ0v) is 15.3. The van der Waals surface area contributed by atoms with Gasteiger partial charge in [0.15, 0.2) is 6.79 Å². The van der Waals surface area contributed by atoms with Crippen LogP contribution < -0.4 is 15.3 Å². The summed E-state index contributed by atoms with van der Waals surface area (Å²) in [6.45, 7) is 3.80. The van der Waals surface area contributed by atoms with Gasteiger partial charge in [-0.25, -0.2) is 0 Å². The summed E-state index contributed by atoms with van der Waals surface area (Å²) < 4.78 is 10.8. The van der Waals surface area contributed by atoms with Gasteiger partial charge < -0.3 is 9.47 Å². The van der Waals surface area contributed by atoms with Crippen LogP contribution in [-0.4, -0.2) is 31.9 Å². The molecular weight excluding hydrogens is 317 g/mol. The number of hydrogen-bond donors (Lipinski definition) is 0. The van der Waals surface area contributed by atoms with Gasteiger partial charge in [-0.05, 0) is 42.9 Å². The summed E-state index contributed by atoms with van der Waals surface area (Å²) in [6.07, 6.45) is 4.04. The van der Waals surface area contributed by atoms with Gasteiger partial charge in [-0.1, -0.05) is 57.5 Å². The number of nitrogens with zero attached hydrogens (tertiary/aromatic N) is 1. The van der Waals surface area contributed by atoms with Crippen molar-refractivity contribution in [3.05, 3.63) is 54.1 Å². The van der Waals surface area contributed by atoms with E-state index >= 15 is 0 Å². The van der Waals surface area contributed by atoms with E-state index in [2.05, 4.69) is 41.3 Å². The minimum Gasteiger partial charge on any atom is -0.467 e. The number of hydrogen-bond acceptors (Lipinski definition) is 3. The zero-order chi connectivity index (χ0) is 16.6. The van der Waals surface area contributed by atoms with Crippen molar-refractivity contribution in [3.63, 3.8) is 0 Å². The molecule has 128 valence electrons. The highest BCUT2D eigenvalue weighted by atomic mass is 31.1. The number of methoxy groups -OCH3 is 1. The molecule has 0 bridgehead atoms. The summed E-state index contributed by atoms with van der Waals surface area (Å²) in [7, 11) is 2.25.